The van der Waals surface area contributed by atoms with Crippen molar-refractivity contribution in [2.75, 3.05) is 12.3 Å². The van der Waals surface area contributed by atoms with E-state index in [0.717, 1.165) is 28.9 Å². The van der Waals surface area contributed by atoms with Crippen LogP contribution in [0.1, 0.15) is 51.6 Å². The Kier molecular flexibility index (Phi) is 4.98. The van der Waals surface area contributed by atoms with Crippen molar-refractivity contribution in [2.24, 2.45) is 11.3 Å². The SMILES string of the molecule is Cc1cc(N)c2c(OCC(C)(C)C(=O)CCC3CCC3)cccc2n1. The van der Waals surface area contributed by atoms with Crippen molar-refractivity contribution in [1.82, 2.24) is 4.98 Å². The van der Waals surface area contributed by atoms with E-state index in [4.69, 9.17) is 10.5 Å². The van der Waals surface area contributed by atoms with Gasteiger partial charge >= 0.3 is 0 Å². The number of nitrogens with zero attached hydrogens (tertiary/aromatic N) is 1. The van der Waals surface area contributed by atoms with Gasteiger partial charge in [0.15, 0.2) is 0 Å². The first-order valence-corrected chi connectivity index (χ1v) is 9.19. The van der Waals surface area contributed by atoms with Crippen LogP contribution in [0.4, 0.5) is 5.69 Å². The zero-order valence-electron chi connectivity index (χ0n) is 15.5. The predicted octanol–water partition coefficient (Wildman–Crippen LogP) is 4.68. The largest absolute Gasteiger partial charge is 0.492 e. The summed E-state index contributed by atoms with van der Waals surface area (Å²) in [6.07, 6.45) is 5.56. The van der Waals surface area contributed by atoms with Gasteiger partial charge in [-0.05, 0) is 51.3 Å². The molecule has 1 saturated carbocycles. The lowest BCUT2D eigenvalue weighted by atomic mass is 9.78. The highest BCUT2D eigenvalue weighted by atomic mass is 16.5. The molecule has 0 atom stereocenters. The van der Waals surface area contributed by atoms with Gasteiger partial charge in [0.2, 0.25) is 0 Å². The summed E-state index contributed by atoms with van der Waals surface area (Å²) in [5, 5.41) is 0.825. The van der Waals surface area contributed by atoms with Crippen LogP contribution in [0.2, 0.25) is 0 Å². The Hall–Kier alpha value is -2.10. The highest BCUT2D eigenvalue weighted by Crippen LogP contribution is 2.34. The van der Waals surface area contributed by atoms with Crippen molar-refractivity contribution in [2.45, 2.75) is 52.9 Å². The van der Waals surface area contributed by atoms with Gasteiger partial charge in [-0.2, -0.15) is 0 Å². The molecule has 0 saturated heterocycles. The zero-order valence-corrected chi connectivity index (χ0v) is 15.5. The molecule has 2 aromatic rings. The van der Waals surface area contributed by atoms with Crippen molar-refractivity contribution in [3.8, 4) is 5.75 Å². The Balaban J connectivity index is 1.69. The summed E-state index contributed by atoms with van der Waals surface area (Å²) in [4.78, 5) is 17.1. The molecule has 0 bridgehead atoms. The van der Waals surface area contributed by atoms with E-state index >= 15 is 0 Å². The van der Waals surface area contributed by atoms with E-state index in [1.807, 2.05) is 45.0 Å². The van der Waals surface area contributed by atoms with E-state index < -0.39 is 5.41 Å². The molecule has 0 amide bonds. The van der Waals surface area contributed by atoms with Gasteiger partial charge < -0.3 is 10.5 Å². The fraction of sp³-hybridized carbons (Fsp3) is 0.524. The Morgan fingerprint density at radius 1 is 1.36 bits per heavy atom. The van der Waals surface area contributed by atoms with Crippen molar-refractivity contribution in [3.05, 3.63) is 30.0 Å². The predicted molar refractivity (Wildman–Crippen MR) is 102 cm³/mol. The molecule has 4 nitrogen and oxygen atoms in total. The van der Waals surface area contributed by atoms with Gasteiger partial charge in [0.05, 0.1) is 16.3 Å². The van der Waals surface area contributed by atoms with Crippen molar-refractivity contribution in [3.63, 3.8) is 0 Å². The minimum absolute atomic E-state index is 0.279. The van der Waals surface area contributed by atoms with Gasteiger partial charge in [-0.25, -0.2) is 0 Å². The van der Waals surface area contributed by atoms with E-state index in [9.17, 15) is 4.79 Å². The van der Waals surface area contributed by atoms with Gasteiger partial charge in [0, 0.05) is 17.8 Å². The van der Waals surface area contributed by atoms with Crippen LogP contribution in [0.3, 0.4) is 0 Å². The molecule has 4 heteroatoms. The van der Waals surface area contributed by atoms with Gasteiger partial charge in [-0.15, -0.1) is 0 Å². The van der Waals surface area contributed by atoms with Crippen LogP contribution in [0.15, 0.2) is 24.3 Å². The second kappa shape index (κ2) is 7.03. The van der Waals surface area contributed by atoms with Crippen LogP contribution in [0.25, 0.3) is 10.9 Å². The lowest BCUT2D eigenvalue weighted by Gasteiger charge is -2.28. The molecule has 1 heterocycles. The first kappa shape index (κ1) is 17.7. The summed E-state index contributed by atoms with van der Waals surface area (Å²) in [7, 11) is 0. The number of rotatable bonds is 7. The van der Waals surface area contributed by atoms with Crippen LogP contribution in [0, 0.1) is 18.3 Å². The molecule has 3 rings (SSSR count). The van der Waals surface area contributed by atoms with E-state index in [2.05, 4.69) is 4.98 Å². The summed E-state index contributed by atoms with van der Waals surface area (Å²) < 4.78 is 6.03. The summed E-state index contributed by atoms with van der Waals surface area (Å²) in [5.74, 6) is 1.73. The maximum atomic E-state index is 12.6. The maximum Gasteiger partial charge on any atom is 0.141 e. The lowest BCUT2D eigenvalue weighted by Crippen LogP contribution is -2.31. The monoisotopic (exact) mass is 340 g/mol. The third-order valence-corrected chi connectivity index (χ3v) is 5.30. The molecule has 1 aliphatic carbocycles. The lowest BCUT2D eigenvalue weighted by molar-refractivity contribution is -0.129. The number of carbonyl (C=O) groups is 1. The topological polar surface area (TPSA) is 65.2 Å². The molecule has 1 aliphatic rings. The first-order valence-electron chi connectivity index (χ1n) is 9.19. The molecular formula is C21H28N2O2. The van der Waals surface area contributed by atoms with Gasteiger partial charge in [0.1, 0.15) is 18.1 Å². The number of fused-ring (bicyclic) bond motifs is 1. The zero-order chi connectivity index (χ0) is 18.0. The summed E-state index contributed by atoms with van der Waals surface area (Å²) in [5.41, 5.74) is 8.04. The number of nitrogens with two attached hydrogens (primary N) is 1. The number of aromatic nitrogens is 1. The smallest absolute Gasteiger partial charge is 0.141 e. The number of aryl methyl sites for hydroxylation is 1. The van der Waals surface area contributed by atoms with Crippen molar-refractivity contribution >= 4 is 22.4 Å². The van der Waals surface area contributed by atoms with Crippen LogP contribution in [0.5, 0.6) is 5.75 Å². The molecule has 0 unspecified atom stereocenters. The number of ether oxygens (including phenoxy) is 1. The molecule has 0 aliphatic heterocycles. The number of pyridine rings is 1. The number of nitrogen functional groups attached to an aromatic ring is 1. The molecule has 1 fully saturated rings. The fourth-order valence-corrected chi connectivity index (χ4v) is 3.34. The molecule has 2 N–H and O–H groups in total. The molecule has 25 heavy (non-hydrogen) atoms. The Morgan fingerprint density at radius 2 is 2.12 bits per heavy atom. The average molecular weight is 340 g/mol. The number of Topliss-reactive ketones (excluding diaryl/α,β-unsaturated/α-hetero) is 1. The Bertz CT molecular complexity index is 779. The van der Waals surface area contributed by atoms with Crippen LogP contribution in [-0.4, -0.2) is 17.4 Å². The van der Waals surface area contributed by atoms with Crippen LogP contribution in [-0.2, 0) is 4.79 Å². The number of carbonyl (C=O) groups excluding carboxylic acids is 1. The summed E-state index contributed by atoms with van der Waals surface area (Å²) in [6, 6.07) is 7.59. The van der Waals surface area contributed by atoms with Crippen molar-refractivity contribution < 1.29 is 9.53 Å². The van der Waals surface area contributed by atoms with Crippen LogP contribution >= 0.6 is 0 Å². The third kappa shape index (κ3) is 3.94. The van der Waals surface area contributed by atoms with E-state index in [-0.39, 0.29) is 5.78 Å². The first-order chi connectivity index (χ1) is 11.9. The van der Waals surface area contributed by atoms with Crippen molar-refractivity contribution in [1.29, 1.82) is 0 Å². The quantitative estimate of drug-likeness (QED) is 0.795. The number of anilines is 1. The van der Waals surface area contributed by atoms with Crippen LogP contribution < -0.4 is 10.5 Å². The van der Waals surface area contributed by atoms with Gasteiger partial charge in [-0.1, -0.05) is 25.3 Å². The Labute approximate surface area is 149 Å². The summed E-state index contributed by atoms with van der Waals surface area (Å²) >= 11 is 0. The third-order valence-electron chi connectivity index (χ3n) is 5.30. The average Bonchev–Trinajstić information content (AvgIpc) is 2.50. The minimum Gasteiger partial charge on any atom is -0.492 e. The highest BCUT2D eigenvalue weighted by molar-refractivity contribution is 5.95. The highest BCUT2D eigenvalue weighted by Gasteiger charge is 2.30. The molecule has 0 spiro atoms. The number of ketones is 1. The fourth-order valence-electron chi connectivity index (χ4n) is 3.34. The second-order valence-electron chi connectivity index (χ2n) is 7.93. The number of benzene rings is 1. The standard InChI is InChI=1S/C21H28N2O2/c1-14-12-16(22)20-17(23-14)8-5-9-18(20)25-13-21(2,3)19(24)11-10-15-6-4-7-15/h5,8-9,12,15H,4,6-7,10-11,13H2,1-3H3,(H2,22,23). The number of hydrogen-bond donors (Lipinski definition) is 1. The molecule has 1 aromatic carbocycles. The number of hydrogen-bond acceptors (Lipinski definition) is 4. The molecule has 1 aromatic heterocycles. The van der Waals surface area contributed by atoms with E-state index in [1.165, 1.54) is 19.3 Å². The summed E-state index contributed by atoms with van der Waals surface area (Å²) in [6.45, 7) is 6.20. The second-order valence-corrected chi connectivity index (χ2v) is 7.93. The molecule has 134 valence electrons. The molecule has 0 radical (unpaired) electrons. The van der Waals surface area contributed by atoms with Gasteiger partial charge in [-0.3, -0.25) is 9.78 Å². The molecular weight excluding hydrogens is 312 g/mol. The minimum atomic E-state index is -0.501. The normalized spacial score (nSPS) is 15.2. The van der Waals surface area contributed by atoms with E-state index in [1.54, 1.807) is 0 Å². The maximum absolute atomic E-state index is 12.6. The van der Waals surface area contributed by atoms with Gasteiger partial charge in [0.25, 0.3) is 0 Å². The Morgan fingerprint density at radius 3 is 2.80 bits per heavy atom. The van der Waals surface area contributed by atoms with E-state index in [0.29, 0.717) is 24.5 Å².